The van der Waals surface area contributed by atoms with E-state index < -0.39 is 18.1 Å². The van der Waals surface area contributed by atoms with Gasteiger partial charge in [0.2, 0.25) is 6.10 Å². The molecule has 0 radical (unpaired) electrons. The van der Waals surface area contributed by atoms with Crippen molar-refractivity contribution in [3.05, 3.63) is 35.9 Å². The molecule has 0 bridgehead atoms. The number of benzene rings is 1. The van der Waals surface area contributed by atoms with Gasteiger partial charge in [-0.2, -0.15) is 0 Å². The molecule has 21 heavy (non-hydrogen) atoms. The van der Waals surface area contributed by atoms with Gasteiger partial charge >= 0.3 is 5.97 Å². The number of hydrogen-bond donors (Lipinski definition) is 1. The molecule has 1 saturated heterocycles. The molecule has 1 unspecified atom stereocenters. The number of carbonyl (C=O) groups is 2. The molecule has 6 heteroatoms. The molecule has 2 aliphatic rings. The van der Waals surface area contributed by atoms with Crippen LogP contribution in [-0.2, 0) is 14.4 Å². The molecule has 110 valence electrons. The lowest BCUT2D eigenvalue weighted by Crippen LogP contribution is -2.45. The minimum atomic E-state index is -0.956. The van der Waals surface area contributed by atoms with Crippen LogP contribution in [0.3, 0.4) is 0 Å². The number of carboxylic acid groups (broad SMARTS) is 1. The Hall–Kier alpha value is -2.37. The lowest BCUT2D eigenvalue weighted by molar-refractivity contribution is -0.153. The van der Waals surface area contributed by atoms with Gasteiger partial charge in [-0.05, 0) is 18.4 Å². The van der Waals surface area contributed by atoms with E-state index in [2.05, 4.69) is 5.16 Å². The highest BCUT2D eigenvalue weighted by atomic mass is 16.6. The summed E-state index contributed by atoms with van der Waals surface area (Å²) in [5, 5.41) is 13.1. The van der Waals surface area contributed by atoms with Crippen LogP contribution >= 0.6 is 0 Å². The van der Waals surface area contributed by atoms with Gasteiger partial charge in [0.05, 0.1) is 5.71 Å². The largest absolute Gasteiger partial charge is 0.480 e. The maximum Gasteiger partial charge on any atom is 0.326 e. The third kappa shape index (κ3) is 2.61. The third-order valence-corrected chi connectivity index (χ3v) is 3.87. The summed E-state index contributed by atoms with van der Waals surface area (Å²) in [5.41, 5.74) is 1.64. The van der Waals surface area contributed by atoms with Crippen molar-refractivity contribution in [1.29, 1.82) is 0 Å². The van der Waals surface area contributed by atoms with Crippen LogP contribution in [0.1, 0.15) is 24.8 Å². The molecule has 1 aromatic carbocycles. The molecular formula is C15H16N2O4. The second kappa shape index (κ2) is 5.55. The Labute approximate surface area is 122 Å². The maximum absolute atomic E-state index is 12.4. The number of rotatable bonds is 3. The van der Waals surface area contributed by atoms with Crippen molar-refractivity contribution in [3.63, 3.8) is 0 Å². The van der Waals surface area contributed by atoms with Crippen molar-refractivity contribution in [2.75, 3.05) is 6.54 Å². The first-order valence-electron chi connectivity index (χ1n) is 6.98. The molecule has 1 fully saturated rings. The van der Waals surface area contributed by atoms with Crippen molar-refractivity contribution in [2.24, 2.45) is 5.16 Å². The first-order valence-corrected chi connectivity index (χ1v) is 6.98. The predicted molar refractivity (Wildman–Crippen MR) is 74.8 cm³/mol. The summed E-state index contributed by atoms with van der Waals surface area (Å²) in [6.45, 7) is 0.469. The quantitative estimate of drug-likeness (QED) is 0.908. The van der Waals surface area contributed by atoms with Gasteiger partial charge in [0.15, 0.2) is 0 Å². The Bertz CT molecular complexity index is 585. The number of amides is 1. The summed E-state index contributed by atoms with van der Waals surface area (Å²) in [6.07, 6.45) is 0.883. The smallest absolute Gasteiger partial charge is 0.326 e. The highest BCUT2D eigenvalue weighted by molar-refractivity contribution is 6.04. The maximum atomic E-state index is 12.4. The number of likely N-dealkylation sites (tertiary alicyclic amines) is 1. The Kier molecular flexibility index (Phi) is 3.60. The van der Waals surface area contributed by atoms with Crippen LogP contribution in [0.5, 0.6) is 0 Å². The van der Waals surface area contributed by atoms with E-state index in [-0.39, 0.29) is 5.91 Å². The third-order valence-electron chi connectivity index (χ3n) is 3.87. The van der Waals surface area contributed by atoms with Crippen molar-refractivity contribution in [1.82, 2.24) is 4.90 Å². The van der Waals surface area contributed by atoms with Crippen LogP contribution < -0.4 is 0 Å². The molecule has 3 rings (SSSR count). The summed E-state index contributed by atoms with van der Waals surface area (Å²) < 4.78 is 0. The van der Waals surface area contributed by atoms with Gasteiger partial charge in [-0.25, -0.2) is 4.79 Å². The molecule has 0 aliphatic carbocycles. The Morgan fingerprint density at radius 1 is 1.29 bits per heavy atom. The number of carbonyl (C=O) groups excluding carboxylic acids is 1. The summed E-state index contributed by atoms with van der Waals surface area (Å²) in [4.78, 5) is 30.2. The molecule has 6 nitrogen and oxygen atoms in total. The first kappa shape index (κ1) is 13.6. The molecule has 2 heterocycles. The zero-order chi connectivity index (χ0) is 14.8. The Morgan fingerprint density at radius 2 is 2.05 bits per heavy atom. The predicted octanol–water partition coefficient (Wildman–Crippen LogP) is 1.26. The van der Waals surface area contributed by atoms with Crippen LogP contribution in [0.25, 0.3) is 0 Å². The molecule has 0 saturated carbocycles. The van der Waals surface area contributed by atoms with Crippen molar-refractivity contribution in [3.8, 4) is 0 Å². The lowest BCUT2D eigenvalue weighted by Gasteiger charge is -2.23. The fourth-order valence-corrected chi connectivity index (χ4v) is 2.78. The van der Waals surface area contributed by atoms with Crippen LogP contribution in [0.15, 0.2) is 35.5 Å². The van der Waals surface area contributed by atoms with E-state index in [0.717, 1.165) is 11.3 Å². The van der Waals surface area contributed by atoms with E-state index in [1.165, 1.54) is 4.90 Å². The number of hydrogen-bond acceptors (Lipinski definition) is 4. The van der Waals surface area contributed by atoms with Crippen molar-refractivity contribution in [2.45, 2.75) is 31.4 Å². The summed E-state index contributed by atoms with van der Waals surface area (Å²) >= 11 is 0. The standard InChI is InChI=1S/C15H16N2O4/c18-14(17-8-4-7-12(17)15(19)20)13-9-11(16-21-13)10-5-2-1-3-6-10/h1-3,5-6,12-13H,4,7-9H2,(H,19,20)/t12-,13?/m0/s1. The van der Waals surface area contributed by atoms with E-state index >= 15 is 0 Å². The lowest BCUT2D eigenvalue weighted by atomic mass is 10.0. The highest BCUT2D eigenvalue weighted by Crippen LogP contribution is 2.23. The SMILES string of the molecule is O=C(O)[C@@H]1CCCN1C(=O)C1CC(c2ccccc2)=NO1. The average molecular weight is 288 g/mol. The minimum absolute atomic E-state index is 0.283. The molecule has 1 amide bonds. The number of carboxylic acids is 1. The normalized spacial score (nSPS) is 24.6. The average Bonchev–Trinajstić information content (AvgIpc) is 3.17. The van der Waals surface area contributed by atoms with Gasteiger partial charge in [0.25, 0.3) is 5.91 Å². The molecule has 2 aliphatic heterocycles. The van der Waals surface area contributed by atoms with E-state index in [1.54, 1.807) is 0 Å². The second-order valence-corrected chi connectivity index (χ2v) is 5.23. The topological polar surface area (TPSA) is 79.2 Å². The van der Waals surface area contributed by atoms with E-state index in [4.69, 9.17) is 9.94 Å². The van der Waals surface area contributed by atoms with Gasteiger partial charge in [-0.15, -0.1) is 0 Å². The summed E-state index contributed by atoms with van der Waals surface area (Å²) in [5.74, 6) is -1.24. The van der Waals surface area contributed by atoms with Crippen LogP contribution in [-0.4, -0.2) is 46.3 Å². The van der Waals surface area contributed by atoms with E-state index in [0.29, 0.717) is 25.8 Å². The molecule has 0 spiro atoms. The Balaban J connectivity index is 1.67. The molecular weight excluding hydrogens is 272 g/mol. The monoisotopic (exact) mass is 288 g/mol. The van der Waals surface area contributed by atoms with Gasteiger partial charge in [0, 0.05) is 13.0 Å². The number of aliphatic carboxylic acids is 1. The number of nitrogens with zero attached hydrogens (tertiary/aromatic N) is 2. The summed E-state index contributed by atoms with van der Waals surface area (Å²) in [7, 11) is 0. The molecule has 2 atom stereocenters. The van der Waals surface area contributed by atoms with Crippen LogP contribution in [0.2, 0.25) is 0 Å². The molecule has 1 aromatic rings. The second-order valence-electron chi connectivity index (χ2n) is 5.23. The zero-order valence-electron chi connectivity index (χ0n) is 11.4. The molecule has 1 N–H and O–H groups in total. The van der Waals surface area contributed by atoms with Crippen molar-refractivity contribution < 1.29 is 19.5 Å². The minimum Gasteiger partial charge on any atom is -0.480 e. The number of oxime groups is 1. The van der Waals surface area contributed by atoms with E-state index in [1.807, 2.05) is 30.3 Å². The van der Waals surface area contributed by atoms with Gasteiger partial charge in [-0.3, -0.25) is 4.79 Å². The van der Waals surface area contributed by atoms with Crippen LogP contribution in [0.4, 0.5) is 0 Å². The zero-order valence-corrected chi connectivity index (χ0v) is 11.4. The highest BCUT2D eigenvalue weighted by Gasteiger charge is 2.40. The van der Waals surface area contributed by atoms with Gasteiger partial charge in [-0.1, -0.05) is 35.5 Å². The van der Waals surface area contributed by atoms with E-state index in [9.17, 15) is 9.59 Å². The molecule has 0 aromatic heterocycles. The van der Waals surface area contributed by atoms with Crippen molar-refractivity contribution >= 4 is 17.6 Å². The fourth-order valence-electron chi connectivity index (χ4n) is 2.78. The Morgan fingerprint density at radius 3 is 2.76 bits per heavy atom. The van der Waals surface area contributed by atoms with Crippen LogP contribution in [0, 0.1) is 0 Å². The van der Waals surface area contributed by atoms with Gasteiger partial charge < -0.3 is 14.8 Å². The summed E-state index contributed by atoms with van der Waals surface area (Å²) in [6, 6.07) is 8.78. The van der Waals surface area contributed by atoms with Gasteiger partial charge in [0.1, 0.15) is 6.04 Å². The fraction of sp³-hybridized carbons (Fsp3) is 0.400. The first-order chi connectivity index (χ1) is 10.2.